The first-order valence-corrected chi connectivity index (χ1v) is 11.5. The van der Waals surface area contributed by atoms with E-state index in [0.717, 1.165) is 50.0 Å². The second-order valence-corrected chi connectivity index (χ2v) is 9.48. The van der Waals surface area contributed by atoms with Gasteiger partial charge >= 0.3 is 0 Å². The predicted molar refractivity (Wildman–Crippen MR) is 112 cm³/mol. The summed E-state index contributed by atoms with van der Waals surface area (Å²) < 4.78 is 33.7. The molecule has 4 rings (SSSR count). The fourth-order valence-corrected chi connectivity index (χ4v) is 5.64. The Kier molecular flexibility index (Phi) is 5.50. The molecule has 2 aliphatic heterocycles. The average molecular weight is 415 g/mol. The third kappa shape index (κ3) is 3.96. The van der Waals surface area contributed by atoms with Crippen LogP contribution in [-0.2, 0) is 21.2 Å². The van der Waals surface area contributed by atoms with Gasteiger partial charge in [0, 0.05) is 19.6 Å². The van der Waals surface area contributed by atoms with E-state index < -0.39 is 10.0 Å². The molecule has 0 bridgehead atoms. The molecule has 2 aromatic rings. The number of carbonyl (C=O) groups excluding carboxylic acids is 1. The van der Waals surface area contributed by atoms with Crippen molar-refractivity contribution in [3.8, 4) is 5.75 Å². The summed E-state index contributed by atoms with van der Waals surface area (Å²) in [6.07, 6.45) is 3.77. The molecule has 7 heteroatoms. The first-order chi connectivity index (χ1) is 14.0. The Morgan fingerprint density at radius 2 is 1.79 bits per heavy atom. The van der Waals surface area contributed by atoms with E-state index in [2.05, 4.69) is 0 Å². The Labute approximate surface area is 172 Å². The SMILES string of the molecule is Cc1cc(S(=O)(=O)N2CCCc3ccccc32)ccc1OCC(=O)N1CCCC1. The van der Waals surface area contributed by atoms with Gasteiger partial charge in [0.2, 0.25) is 0 Å². The van der Waals surface area contributed by atoms with Gasteiger partial charge in [-0.2, -0.15) is 0 Å². The van der Waals surface area contributed by atoms with E-state index in [4.69, 9.17) is 4.74 Å². The minimum Gasteiger partial charge on any atom is -0.483 e. The smallest absolute Gasteiger partial charge is 0.264 e. The molecule has 2 heterocycles. The van der Waals surface area contributed by atoms with E-state index in [0.29, 0.717) is 17.9 Å². The van der Waals surface area contributed by atoms with Gasteiger partial charge in [0.15, 0.2) is 6.61 Å². The number of carbonyl (C=O) groups is 1. The normalized spacial score (nSPS) is 16.6. The number of sulfonamides is 1. The molecule has 1 amide bonds. The zero-order chi connectivity index (χ0) is 20.4. The van der Waals surface area contributed by atoms with Crippen LogP contribution in [0.25, 0.3) is 0 Å². The van der Waals surface area contributed by atoms with E-state index >= 15 is 0 Å². The summed E-state index contributed by atoms with van der Waals surface area (Å²) >= 11 is 0. The van der Waals surface area contributed by atoms with Gasteiger partial charge in [-0.05, 0) is 68.0 Å². The number of fused-ring (bicyclic) bond motifs is 1. The van der Waals surface area contributed by atoms with Gasteiger partial charge in [0.05, 0.1) is 10.6 Å². The third-order valence-electron chi connectivity index (χ3n) is 5.61. The van der Waals surface area contributed by atoms with E-state index in [-0.39, 0.29) is 17.4 Å². The van der Waals surface area contributed by atoms with Crippen LogP contribution >= 0.6 is 0 Å². The second kappa shape index (κ2) is 8.06. The molecule has 1 fully saturated rings. The van der Waals surface area contributed by atoms with Crippen LogP contribution in [0.2, 0.25) is 0 Å². The highest BCUT2D eigenvalue weighted by atomic mass is 32.2. The summed E-state index contributed by atoms with van der Waals surface area (Å²) in [5.41, 5.74) is 2.51. The van der Waals surface area contributed by atoms with Crippen molar-refractivity contribution >= 4 is 21.6 Å². The van der Waals surface area contributed by atoms with Crippen molar-refractivity contribution in [3.05, 3.63) is 53.6 Å². The lowest BCUT2D eigenvalue weighted by Gasteiger charge is -2.30. The number of aryl methyl sites for hydroxylation is 2. The quantitative estimate of drug-likeness (QED) is 0.754. The molecule has 0 radical (unpaired) electrons. The zero-order valence-electron chi connectivity index (χ0n) is 16.6. The minimum atomic E-state index is -3.66. The average Bonchev–Trinajstić information content (AvgIpc) is 3.27. The van der Waals surface area contributed by atoms with Crippen LogP contribution in [0.3, 0.4) is 0 Å². The third-order valence-corrected chi connectivity index (χ3v) is 7.42. The molecule has 2 aromatic carbocycles. The van der Waals surface area contributed by atoms with Gasteiger partial charge in [0.1, 0.15) is 5.75 Å². The first-order valence-electron chi connectivity index (χ1n) is 10.1. The van der Waals surface area contributed by atoms with Crippen molar-refractivity contribution in [2.75, 3.05) is 30.5 Å². The molecule has 0 unspecified atom stereocenters. The predicted octanol–water partition coefficient (Wildman–Crippen LogP) is 3.14. The van der Waals surface area contributed by atoms with Crippen LogP contribution in [0.1, 0.15) is 30.4 Å². The molecule has 0 N–H and O–H groups in total. The summed E-state index contributed by atoms with van der Waals surface area (Å²) in [6, 6.07) is 12.5. The number of anilines is 1. The van der Waals surface area contributed by atoms with Gasteiger partial charge in [-0.1, -0.05) is 18.2 Å². The van der Waals surface area contributed by atoms with Crippen LogP contribution in [0.5, 0.6) is 5.75 Å². The van der Waals surface area contributed by atoms with Gasteiger partial charge in [-0.15, -0.1) is 0 Å². The van der Waals surface area contributed by atoms with Crippen molar-refractivity contribution in [1.82, 2.24) is 4.90 Å². The monoisotopic (exact) mass is 414 g/mol. The van der Waals surface area contributed by atoms with Crippen molar-refractivity contribution in [3.63, 3.8) is 0 Å². The fraction of sp³-hybridized carbons (Fsp3) is 0.409. The number of likely N-dealkylation sites (tertiary alicyclic amines) is 1. The largest absolute Gasteiger partial charge is 0.483 e. The van der Waals surface area contributed by atoms with Gasteiger partial charge in [-0.25, -0.2) is 8.42 Å². The molecular weight excluding hydrogens is 388 g/mol. The highest BCUT2D eigenvalue weighted by Crippen LogP contribution is 2.33. The first kappa shape index (κ1) is 19.8. The number of rotatable bonds is 5. The molecule has 0 spiro atoms. The van der Waals surface area contributed by atoms with Crippen LogP contribution < -0.4 is 9.04 Å². The Balaban J connectivity index is 1.52. The number of ether oxygens (including phenoxy) is 1. The lowest BCUT2D eigenvalue weighted by molar-refractivity contribution is -0.132. The maximum absolute atomic E-state index is 13.3. The topological polar surface area (TPSA) is 66.9 Å². The number of hydrogen-bond acceptors (Lipinski definition) is 4. The molecule has 29 heavy (non-hydrogen) atoms. The molecule has 0 aliphatic carbocycles. The number of amides is 1. The molecule has 154 valence electrons. The summed E-state index contributed by atoms with van der Waals surface area (Å²) in [6.45, 7) is 3.83. The van der Waals surface area contributed by atoms with Gasteiger partial charge in [0.25, 0.3) is 15.9 Å². The maximum Gasteiger partial charge on any atom is 0.264 e. The summed E-state index contributed by atoms with van der Waals surface area (Å²) in [5, 5.41) is 0. The maximum atomic E-state index is 13.3. The molecule has 0 saturated carbocycles. The highest BCUT2D eigenvalue weighted by molar-refractivity contribution is 7.92. The van der Waals surface area contributed by atoms with E-state index in [1.165, 1.54) is 4.31 Å². The number of hydrogen-bond donors (Lipinski definition) is 0. The minimum absolute atomic E-state index is 0.0214. The summed E-state index contributed by atoms with van der Waals surface area (Å²) in [7, 11) is -3.66. The molecular formula is C22H26N2O4S. The van der Waals surface area contributed by atoms with Crippen LogP contribution in [0.4, 0.5) is 5.69 Å². The second-order valence-electron chi connectivity index (χ2n) is 7.61. The van der Waals surface area contributed by atoms with Crippen molar-refractivity contribution in [2.24, 2.45) is 0 Å². The van der Waals surface area contributed by atoms with Crippen molar-refractivity contribution < 1.29 is 17.9 Å². The molecule has 6 nitrogen and oxygen atoms in total. The van der Waals surface area contributed by atoms with Crippen molar-refractivity contribution in [1.29, 1.82) is 0 Å². The summed E-state index contributed by atoms with van der Waals surface area (Å²) in [5.74, 6) is 0.513. The Hall–Kier alpha value is -2.54. The lowest BCUT2D eigenvalue weighted by atomic mass is 10.0. The van der Waals surface area contributed by atoms with E-state index in [9.17, 15) is 13.2 Å². The van der Waals surface area contributed by atoms with Gasteiger partial charge < -0.3 is 9.64 Å². The molecule has 1 saturated heterocycles. The Morgan fingerprint density at radius 1 is 1.03 bits per heavy atom. The van der Waals surface area contributed by atoms with E-state index in [1.807, 2.05) is 29.2 Å². The lowest BCUT2D eigenvalue weighted by Crippen LogP contribution is -2.35. The number of para-hydroxylation sites is 1. The number of nitrogens with zero attached hydrogens (tertiary/aromatic N) is 2. The Morgan fingerprint density at radius 3 is 2.55 bits per heavy atom. The van der Waals surface area contributed by atoms with Gasteiger partial charge in [-0.3, -0.25) is 9.10 Å². The standard InChI is InChI=1S/C22H26N2O4S/c1-17-15-19(10-11-21(17)28-16-22(25)23-12-4-5-13-23)29(26,27)24-14-6-8-18-7-2-3-9-20(18)24/h2-3,7,9-11,15H,4-6,8,12-14,16H2,1H3. The molecule has 0 atom stereocenters. The summed E-state index contributed by atoms with van der Waals surface area (Å²) in [4.78, 5) is 14.2. The van der Waals surface area contributed by atoms with Crippen LogP contribution in [0.15, 0.2) is 47.4 Å². The molecule has 2 aliphatic rings. The number of benzene rings is 2. The van der Waals surface area contributed by atoms with Crippen LogP contribution in [-0.4, -0.2) is 45.5 Å². The fourth-order valence-electron chi connectivity index (χ4n) is 4.02. The Bertz CT molecular complexity index is 1010. The van der Waals surface area contributed by atoms with Crippen LogP contribution in [0, 0.1) is 6.92 Å². The van der Waals surface area contributed by atoms with E-state index in [1.54, 1.807) is 25.1 Å². The molecule has 0 aromatic heterocycles. The van der Waals surface area contributed by atoms with Crippen molar-refractivity contribution in [2.45, 2.75) is 37.5 Å². The highest BCUT2D eigenvalue weighted by Gasteiger charge is 2.29. The zero-order valence-corrected chi connectivity index (χ0v) is 17.5.